The number of benzene rings is 2. The highest BCUT2D eigenvalue weighted by Crippen LogP contribution is 2.34. The fourth-order valence-electron chi connectivity index (χ4n) is 3.44. The number of para-hydroxylation sites is 1. The van der Waals surface area contributed by atoms with Gasteiger partial charge in [0.1, 0.15) is 0 Å². The zero-order valence-corrected chi connectivity index (χ0v) is 18.1. The van der Waals surface area contributed by atoms with Gasteiger partial charge in [-0.05, 0) is 29.8 Å². The molecule has 2 heterocycles. The van der Waals surface area contributed by atoms with Crippen molar-refractivity contribution in [1.82, 2.24) is 20.0 Å². The Bertz CT molecular complexity index is 1190. The summed E-state index contributed by atoms with van der Waals surface area (Å²) in [5.74, 6) is -0.372. The first-order chi connectivity index (χ1) is 16.0. The van der Waals surface area contributed by atoms with E-state index < -0.39 is 24.5 Å². The lowest BCUT2D eigenvalue weighted by atomic mass is 10.1. The van der Waals surface area contributed by atoms with Crippen LogP contribution in [0.3, 0.4) is 0 Å². The molecule has 1 aliphatic heterocycles. The Labute approximate surface area is 189 Å². The average molecular weight is 450 g/mol. The number of amides is 3. The highest BCUT2D eigenvalue weighted by molar-refractivity contribution is 5.99. The summed E-state index contributed by atoms with van der Waals surface area (Å²) in [5, 5.41) is 6.94. The molecule has 0 saturated carbocycles. The number of methoxy groups -OCH3 is 2. The van der Waals surface area contributed by atoms with E-state index in [9.17, 15) is 14.4 Å². The summed E-state index contributed by atoms with van der Waals surface area (Å²) < 4.78 is 17.4. The van der Waals surface area contributed by atoms with Gasteiger partial charge in [-0.2, -0.15) is 5.10 Å². The van der Waals surface area contributed by atoms with Crippen molar-refractivity contribution in [3.05, 3.63) is 60.4 Å². The van der Waals surface area contributed by atoms with E-state index >= 15 is 0 Å². The first-order valence-corrected chi connectivity index (χ1v) is 10.1. The fourth-order valence-corrected chi connectivity index (χ4v) is 3.44. The van der Waals surface area contributed by atoms with E-state index in [2.05, 4.69) is 10.4 Å². The van der Waals surface area contributed by atoms with Gasteiger partial charge in [0, 0.05) is 24.8 Å². The molecule has 0 bridgehead atoms. The predicted molar refractivity (Wildman–Crippen MR) is 117 cm³/mol. The van der Waals surface area contributed by atoms with Crippen molar-refractivity contribution in [3.8, 4) is 28.3 Å². The van der Waals surface area contributed by atoms with E-state index in [1.165, 1.54) is 14.2 Å². The van der Waals surface area contributed by atoms with Crippen molar-refractivity contribution in [3.63, 3.8) is 0 Å². The summed E-state index contributed by atoms with van der Waals surface area (Å²) in [6.45, 7) is 0.0218. The number of hydrogen-bond donors (Lipinski definition) is 1. The monoisotopic (exact) mass is 450 g/mol. The summed E-state index contributed by atoms with van der Waals surface area (Å²) in [6.07, 6.45) is 1.70. The van der Waals surface area contributed by atoms with Crippen molar-refractivity contribution in [2.24, 2.45) is 0 Å². The molecular formula is C23H22N4O6. The molecule has 33 heavy (non-hydrogen) atoms. The molecule has 1 saturated heterocycles. The van der Waals surface area contributed by atoms with Crippen LogP contribution in [-0.2, 0) is 9.53 Å². The zero-order valence-electron chi connectivity index (χ0n) is 18.1. The molecule has 0 atom stereocenters. The molecule has 10 nitrogen and oxygen atoms in total. The number of carbonyl (C=O) groups excluding carboxylic acids is 3. The van der Waals surface area contributed by atoms with Crippen molar-refractivity contribution in [1.29, 1.82) is 0 Å². The number of rotatable bonds is 7. The van der Waals surface area contributed by atoms with Crippen LogP contribution in [-0.4, -0.2) is 66.5 Å². The zero-order chi connectivity index (χ0) is 23.4. The van der Waals surface area contributed by atoms with Crippen LogP contribution in [0.15, 0.2) is 54.7 Å². The Morgan fingerprint density at radius 1 is 1.06 bits per heavy atom. The van der Waals surface area contributed by atoms with Gasteiger partial charge >= 0.3 is 12.0 Å². The fraction of sp³-hybridized carbons (Fsp3) is 0.217. The third kappa shape index (κ3) is 4.49. The van der Waals surface area contributed by atoms with Crippen LogP contribution in [0.5, 0.6) is 11.5 Å². The number of nitrogens with one attached hydrogen (secondary N) is 1. The number of imide groups is 1. The van der Waals surface area contributed by atoms with Crippen LogP contribution in [0.1, 0.15) is 10.5 Å². The quantitative estimate of drug-likeness (QED) is 0.550. The second-order valence-corrected chi connectivity index (χ2v) is 7.09. The summed E-state index contributed by atoms with van der Waals surface area (Å²) in [4.78, 5) is 37.9. The highest BCUT2D eigenvalue weighted by Gasteiger charge is 2.28. The molecule has 1 aliphatic rings. The molecule has 3 aromatic rings. The maximum absolute atomic E-state index is 12.9. The largest absolute Gasteiger partial charge is 0.493 e. The number of urea groups is 1. The Balaban J connectivity index is 1.66. The first-order valence-electron chi connectivity index (χ1n) is 10.1. The van der Waals surface area contributed by atoms with Gasteiger partial charge in [-0.15, -0.1) is 0 Å². The van der Waals surface area contributed by atoms with Gasteiger partial charge in [0.05, 0.1) is 19.9 Å². The van der Waals surface area contributed by atoms with Gasteiger partial charge in [0.15, 0.2) is 23.8 Å². The Morgan fingerprint density at radius 2 is 1.82 bits per heavy atom. The van der Waals surface area contributed by atoms with Gasteiger partial charge in [0.2, 0.25) is 0 Å². The molecule has 0 radical (unpaired) electrons. The maximum atomic E-state index is 12.9. The van der Waals surface area contributed by atoms with Gasteiger partial charge in [-0.25, -0.2) is 14.3 Å². The Kier molecular flexibility index (Phi) is 6.25. The lowest BCUT2D eigenvalue weighted by Gasteiger charge is -2.12. The SMILES string of the molecule is COc1ccc(-c2cn(-c3ccccc3)nc2C(=O)OCC(=O)N2CCNC2=O)cc1OC. The minimum atomic E-state index is -0.789. The van der Waals surface area contributed by atoms with Crippen LogP contribution in [0.25, 0.3) is 16.8 Å². The molecule has 2 aromatic carbocycles. The minimum absolute atomic E-state index is 0.0183. The van der Waals surface area contributed by atoms with Gasteiger partial charge in [0.25, 0.3) is 5.91 Å². The highest BCUT2D eigenvalue weighted by atomic mass is 16.5. The lowest BCUT2D eigenvalue weighted by molar-refractivity contribution is -0.130. The number of esters is 1. The lowest BCUT2D eigenvalue weighted by Crippen LogP contribution is -2.37. The molecule has 4 rings (SSSR count). The normalized spacial score (nSPS) is 12.9. The summed E-state index contributed by atoms with van der Waals surface area (Å²) in [5.41, 5.74) is 1.89. The number of nitrogens with zero attached hydrogens (tertiary/aromatic N) is 3. The molecule has 1 aromatic heterocycles. The summed E-state index contributed by atoms with van der Waals surface area (Å²) >= 11 is 0. The van der Waals surface area contributed by atoms with Crippen LogP contribution in [0.4, 0.5) is 4.79 Å². The van der Waals surface area contributed by atoms with Crippen LogP contribution < -0.4 is 14.8 Å². The molecule has 1 fully saturated rings. The predicted octanol–water partition coefficient (Wildman–Crippen LogP) is 2.27. The van der Waals surface area contributed by atoms with Crippen molar-refractivity contribution < 1.29 is 28.6 Å². The van der Waals surface area contributed by atoms with Gasteiger partial charge < -0.3 is 19.5 Å². The van der Waals surface area contributed by atoms with E-state index in [4.69, 9.17) is 14.2 Å². The van der Waals surface area contributed by atoms with Crippen molar-refractivity contribution in [2.75, 3.05) is 33.9 Å². The van der Waals surface area contributed by atoms with Gasteiger partial charge in [-0.1, -0.05) is 24.3 Å². The summed E-state index contributed by atoms with van der Waals surface area (Å²) in [6, 6.07) is 14.0. The second kappa shape index (κ2) is 9.43. The molecule has 1 N–H and O–H groups in total. The molecule has 3 amide bonds. The first kappa shape index (κ1) is 21.9. The van der Waals surface area contributed by atoms with Gasteiger partial charge in [-0.3, -0.25) is 9.69 Å². The van der Waals surface area contributed by atoms with Crippen LogP contribution >= 0.6 is 0 Å². The molecular weight excluding hydrogens is 428 g/mol. The number of hydrogen-bond acceptors (Lipinski definition) is 7. The number of ether oxygens (including phenoxy) is 3. The smallest absolute Gasteiger partial charge is 0.360 e. The Hall–Kier alpha value is -4.34. The van der Waals surface area contributed by atoms with E-state index in [-0.39, 0.29) is 12.2 Å². The number of carbonyl (C=O) groups is 3. The number of aromatic nitrogens is 2. The average Bonchev–Trinajstić information content (AvgIpc) is 3.49. The van der Waals surface area contributed by atoms with E-state index in [1.54, 1.807) is 29.1 Å². The van der Waals surface area contributed by atoms with Crippen molar-refractivity contribution in [2.45, 2.75) is 0 Å². The molecule has 10 heteroatoms. The Morgan fingerprint density at radius 3 is 2.48 bits per heavy atom. The minimum Gasteiger partial charge on any atom is -0.493 e. The summed E-state index contributed by atoms with van der Waals surface area (Å²) in [7, 11) is 3.05. The third-order valence-corrected chi connectivity index (χ3v) is 5.11. The second-order valence-electron chi connectivity index (χ2n) is 7.09. The van der Waals surface area contributed by atoms with Crippen LogP contribution in [0, 0.1) is 0 Å². The van der Waals surface area contributed by atoms with E-state index in [0.29, 0.717) is 29.2 Å². The van der Waals surface area contributed by atoms with Crippen molar-refractivity contribution >= 4 is 17.9 Å². The standard InChI is InChI=1S/C23H22N4O6/c1-31-18-9-8-15(12-19(18)32-2)17-13-27(16-6-4-3-5-7-16)25-21(17)22(29)33-14-20(28)26-11-10-24-23(26)30/h3-9,12-13H,10-11,14H2,1-2H3,(H,24,30). The van der Waals surface area contributed by atoms with E-state index in [0.717, 1.165) is 10.6 Å². The maximum Gasteiger partial charge on any atom is 0.360 e. The topological polar surface area (TPSA) is 112 Å². The van der Waals surface area contributed by atoms with E-state index in [1.807, 2.05) is 30.3 Å². The molecule has 170 valence electrons. The molecule has 0 aliphatic carbocycles. The third-order valence-electron chi connectivity index (χ3n) is 5.11. The van der Waals surface area contributed by atoms with Crippen LogP contribution in [0.2, 0.25) is 0 Å². The molecule has 0 unspecified atom stereocenters. The molecule has 0 spiro atoms.